The molecule has 6 nitrogen and oxygen atoms in total. The Hall–Kier alpha value is -3.93. The van der Waals surface area contributed by atoms with E-state index in [1.807, 2.05) is 67.6 Å². The number of nitrogens with one attached hydrogen (secondary N) is 1. The van der Waals surface area contributed by atoms with Crippen molar-refractivity contribution in [3.8, 4) is 5.75 Å². The molecule has 0 fully saturated rings. The predicted molar refractivity (Wildman–Crippen MR) is 113 cm³/mol. The summed E-state index contributed by atoms with van der Waals surface area (Å²) in [4.78, 5) is 16.5. The number of benzene rings is 2. The third kappa shape index (κ3) is 4.87. The average Bonchev–Trinajstić information content (AvgIpc) is 3.11. The lowest BCUT2D eigenvalue weighted by atomic mass is 10.2. The van der Waals surface area contributed by atoms with E-state index >= 15 is 0 Å². The van der Waals surface area contributed by atoms with E-state index in [-0.39, 0.29) is 5.91 Å². The van der Waals surface area contributed by atoms with Crippen LogP contribution in [0.5, 0.6) is 5.75 Å². The molecule has 0 aliphatic carbocycles. The second-order valence-corrected chi connectivity index (χ2v) is 6.55. The highest BCUT2D eigenvalue weighted by molar-refractivity contribution is 6.01. The highest BCUT2D eigenvalue weighted by atomic mass is 16.5. The molecule has 1 N–H and O–H groups in total. The number of carbonyl (C=O) groups is 1. The maximum atomic E-state index is 12.2. The van der Waals surface area contributed by atoms with E-state index in [9.17, 15) is 4.79 Å². The first-order valence-corrected chi connectivity index (χ1v) is 9.25. The number of ether oxygens (including phenoxy) is 1. The second kappa shape index (κ2) is 8.39. The molecule has 0 bridgehead atoms. The summed E-state index contributed by atoms with van der Waals surface area (Å²) in [6.07, 6.45) is 4.98. The molecule has 2 aromatic carbocycles. The van der Waals surface area contributed by atoms with Gasteiger partial charge in [0.25, 0.3) is 0 Å². The van der Waals surface area contributed by atoms with Gasteiger partial charge in [-0.15, -0.1) is 0 Å². The number of pyridine rings is 1. The molecule has 0 atom stereocenters. The summed E-state index contributed by atoms with van der Waals surface area (Å²) in [7, 11) is 0. The average molecular weight is 384 g/mol. The fraction of sp³-hybridized carbons (Fsp3) is 0.0870. The van der Waals surface area contributed by atoms with Gasteiger partial charge in [-0.05, 0) is 48.4 Å². The fourth-order valence-corrected chi connectivity index (χ4v) is 2.87. The van der Waals surface area contributed by atoms with Crippen LogP contribution in [0.25, 0.3) is 11.7 Å². The molecule has 4 rings (SSSR count). The molecule has 2 heterocycles. The maximum absolute atomic E-state index is 12.2. The van der Waals surface area contributed by atoms with Gasteiger partial charge >= 0.3 is 0 Å². The summed E-state index contributed by atoms with van der Waals surface area (Å²) < 4.78 is 7.47. The van der Waals surface area contributed by atoms with Gasteiger partial charge in [-0.2, -0.15) is 5.10 Å². The molecule has 0 saturated heterocycles. The summed E-state index contributed by atoms with van der Waals surface area (Å²) in [5, 5.41) is 7.08. The third-order valence-corrected chi connectivity index (χ3v) is 4.24. The van der Waals surface area contributed by atoms with Crippen molar-refractivity contribution in [2.45, 2.75) is 13.5 Å². The van der Waals surface area contributed by atoms with Crippen molar-refractivity contribution in [2.24, 2.45) is 0 Å². The Morgan fingerprint density at radius 3 is 2.83 bits per heavy atom. The first-order chi connectivity index (χ1) is 14.2. The number of fused-ring (bicyclic) bond motifs is 1. The van der Waals surface area contributed by atoms with Gasteiger partial charge in [0.2, 0.25) is 5.91 Å². The predicted octanol–water partition coefficient (Wildman–Crippen LogP) is 4.27. The van der Waals surface area contributed by atoms with E-state index in [0.29, 0.717) is 18.1 Å². The number of hydrogen-bond acceptors (Lipinski definition) is 4. The van der Waals surface area contributed by atoms with E-state index in [4.69, 9.17) is 4.74 Å². The summed E-state index contributed by atoms with van der Waals surface area (Å²) in [6.45, 7) is 2.32. The van der Waals surface area contributed by atoms with Crippen LogP contribution in [-0.2, 0) is 11.4 Å². The van der Waals surface area contributed by atoms with Gasteiger partial charge in [-0.25, -0.2) is 9.50 Å². The molecule has 0 radical (unpaired) electrons. The van der Waals surface area contributed by atoms with Gasteiger partial charge in [0, 0.05) is 6.08 Å². The molecule has 6 heteroatoms. The standard InChI is InChI=1S/C23H20N4O2/c1-17-24-22-12-11-20(15-27(22)26-17)25-23(28)13-10-18-8-5-9-21(14-18)29-16-19-6-3-2-4-7-19/h2-15H,16H2,1H3,(H,25,28)/b13-10+. The number of aromatic nitrogens is 3. The normalized spacial score (nSPS) is 11.1. The van der Waals surface area contributed by atoms with Crippen molar-refractivity contribution >= 4 is 23.3 Å². The van der Waals surface area contributed by atoms with Crippen LogP contribution in [0.15, 0.2) is 79.0 Å². The van der Waals surface area contributed by atoms with Gasteiger partial charge in [0.1, 0.15) is 18.2 Å². The summed E-state index contributed by atoms with van der Waals surface area (Å²) in [5.41, 5.74) is 3.38. The molecular weight excluding hydrogens is 364 g/mol. The summed E-state index contributed by atoms with van der Waals surface area (Å²) in [5.74, 6) is 1.21. The van der Waals surface area contributed by atoms with Crippen LogP contribution < -0.4 is 10.1 Å². The largest absolute Gasteiger partial charge is 0.489 e. The minimum atomic E-state index is -0.225. The van der Waals surface area contributed by atoms with Crippen molar-refractivity contribution < 1.29 is 9.53 Å². The molecule has 2 aromatic heterocycles. The van der Waals surface area contributed by atoms with E-state index in [1.165, 1.54) is 6.08 Å². The van der Waals surface area contributed by atoms with Crippen molar-refractivity contribution in [2.75, 3.05) is 5.32 Å². The number of rotatable bonds is 6. The molecule has 0 aliphatic rings. The van der Waals surface area contributed by atoms with Crippen LogP contribution in [-0.4, -0.2) is 20.5 Å². The second-order valence-electron chi connectivity index (χ2n) is 6.55. The van der Waals surface area contributed by atoms with Crippen LogP contribution in [0, 0.1) is 6.92 Å². The molecule has 0 saturated carbocycles. The Labute approximate surface area is 168 Å². The number of amides is 1. The first-order valence-electron chi connectivity index (χ1n) is 9.25. The lowest BCUT2D eigenvalue weighted by Crippen LogP contribution is -2.08. The lowest BCUT2D eigenvalue weighted by molar-refractivity contribution is -0.111. The molecular formula is C23H20N4O2. The smallest absolute Gasteiger partial charge is 0.248 e. The minimum Gasteiger partial charge on any atom is -0.489 e. The fourth-order valence-electron chi connectivity index (χ4n) is 2.87. The van der Waals surface area contributed by atoms with Gasteiger partial charge in [-0.1, -0.05) is 42.5 Å². The Morgan fingerprint density at radius 2 is 1.97 bits per heavy atom. The topological polar surface area (TPSA) is 68.5 Å². The molecule has 0 spiro atoms. The molecule has 0 aliphatic heterocycles. The van der Waals surface area contributed by atoms with Crippen molar-refractivity contribution in [1.29, 1.82) is 0 Å². The monoisotopic (exact) mass is 384 g/mol. The number of anilines is 1. The van der Waals surface area contributed by atoms with Crippen molar-refractivity contribution in [1.82, 2.24) is 14.6 Å². The molecule has 144 valence electrons. The van der Waals surface area contributed by atoms with Crippen LogP contribution in [0.3, 0.4) is 0 Å². The maximum Gasteiger partial charge on any atom is 0.248 e. The van der Waals surface area contributed by atoms with Gasteiger partial charge in [-0.3, -0.25) is 4.79 Å². The van der Waals surface area contributed by atoms with Gasteiger partial charge in [0.15, 0.2) is 5.65 Å². The minimum absolute atomic E-state index is 0.225. The number of carbonyl (C=O) groups excluding carboxylic acids is 1. The highest BCUT2D eigenvalue weighted by Gasteiger charge is 2.03. The molecule has 29 heavy (non-hydrogen) atoms. The van der Waals surface area contributed by atoms with Crippen LogP contribution >= 0.6 is 0 Å². The Kier molecular flexibility index (Phi) is 5.33. The van der Waals surface area contributed by atoms with Crippen molar-refractivity contribution in [3.05, 3.63) is 96.0 Å². The molecule has 4 aromatic rings. The van der Waals surface area contributed by atoms with Gasteiger partial charge < -0.3 is 10.1 Å². The SMILES string of the molecule is Cc1nc2ccc(NC(=O)/C=C/c3cccc(OCc4ccccc4)c3)cn2n1. The zero-order chi connectivity index (χ0) is 20.1. The lowest BCUT2D eigenvalue weighted by Gasteiger charge is -2.07. The van der Waals surface area contributed by atoms with E-state index < -0.39 is 0 Å². The summed E-state index contributed by atoms with van der Waals surface area (Å²) in [6, 6.07) is 21.2. The van der Waals surface area contributed by atoms with E-state index in [0.717, 1.165) is 22.5 Å². The van der Waals surface area contributed by atoms with E-state index in [2.05, 4.69) is 15.4 Å². The van der Waals surface area contributed by atoms with Crippen LogP contribution in [0.2, 0.25) is 0 Å². The molecule has 0 unspecified atom stereocenters. The van der Waals surface area contributed by atoms with Crippen LogP contribution in [0.1, 0.15) is 17.0 Å². The van der Waals surface area contributed by atoms with Crippen molar-refractivity contribution in [3.63, 3.8) is 0 Å². The number of hydrogen-bond donors (Lipinski definition) is 1. The quantitative estimate of drug-likeness (QED) is 0.504. The van der Waals surface area contributed by atoms with Crippen LogP contribution in [0.4, 0.5) is 5.69 Å². The number of nitrogens with zero attached hydrogens (tertiary/aromatic N) is 3. The highest BCUT2D eigenvalue weighted by Crippen LogP contribution is 2.16. The Balaban J connectivity index is 1.38. The Bertz CT molecular complexity index is 1170. The number of aryl methyl sites for hydroxylation is 1. The molecule has 1 amide bonds. The zero-order valence-electron chi connectivity index (χ0n) is 15.9. The summed E-state index contributed by atoms with van der Waals surface area (Å²) >= 11 is 0. The van der Waals surface area contributed by atoms with Gasteiger partial charge in [0.05, 0.1) is 11.9 Å². The van der Waals surface area contributed by atoms with E-state index in [1.54, 1.807) is 22.9 Å². The zero-order valence-corrected chi connectivity index (χ0v) is 15.9. The Morgan fingerprint density at radius 1 is 1.10 bits per heavy atom. The first kappa shape index (κ1) is 18.4. The third-order valence-electron chi connectivity index (χ3n) is 4.24.